The number of nitrogens with zero attached hydrogens (tertiary/aromatic N) is 1. The van der Waals surface area contributed by atoms with Gasteiger partial charge in [0.25, 0.3) is 0 Å². The van der Waals surface area contributed by atoms with Crippen molar-refractivity contribution in [2.24, 2.45) is 0 Å². The molecule has 0 amide bonds. The van der Waals surface area contributed by atoms with Crippen LogP contribution < -0.4 is 5.32 Å². The molecule has 1 heterocycles. The van der Waals surface area contributed by atoms with Crippen LogP contribution in [0.15, 0.2) is 28.6 Å². The lowest BCUT2D eigenvalue weighted by Gasteiger charge is -2.20. The molecule has 4 heteroatoms. The highest BCUT2D eigenvalue weighted by Crippen LogP contribution is 2.29. The van der Waals surface area contributed by atoms with E-state index in [-0.39, 0.29) is 5.54 Å². The molecule has 2 nitrogen and oxygen atoms in total. The Kier molecular flexibility index (Phi) is 4.65. The molecule has 18 heavy (non-hydrogen) atoms. The molecule has 0 fully saturated rings. The second-order valence-corrected chi connectivity index (χ2v) is 7.70. The van der Waals surface area contributed by atoms with Gasteiger partial charge in [-0.15, -0.1) is 11.3 Å². The Morgan fingerprint density at radius 2 is 2.06 bits per heavy atom. The third kappa shape index (κ3) is 4.26. The molecule has 0 saturated carbocycles. The van der Waals surface area contributed by atoms with Gasteiger partial charge in [0.1, 0.15) is 0 Å². The molecular weight excluding hydrogens is 260 g/mol. The summed E-state index contributed by atoms with van der Waals surface area (Å²) < 4.78 is 2.47. The first-order chi connectivity index (χ1) is 8.54. The normalized spacial score (nSPS) is 12.2. The average Bonchev–Trinajstić information content (AvgIpc) is 2.69. The predicted molar refractivity (Wildman–Crippen MR) is 82.7 cm³/mol. The van der Waals surface area contributed by atoms with Gasteiger partial charge in [-0.3, -0.25) is 0 Å². The lowest BCUT2D eigenvalue weighted by atomic mass is 10.1. The Labute approximate surface area is 117 Å². The van der Waals surface area contributed by atoms with Crippen LogP contribution in [0.4, 0.5) is 0 Å². The van der Waals surface area contributed by atoms with Gasteiger partial charge in [-0.25, -0.2) is 4.98 Å². The molecule has 0 atom stereocenters. The second-order valence-electron chi connectivity index (χ2n) is 5.33. The van der Waals surface area contributed by atoms with E-state index in [0.717, 1.165) is 17.8 Å². The second kappa shape index (κ2) is 6.04. The summed E-state index contributed by atoms with van der Waals surface area (Å²) in [5.74, 6) is 1.13. The summed E-state index contributed by atoms with van der Waals surface area (Å²) in [4.78, 5) is 4.62. The zero-order valence-corrected chi connectivity index (χ0v) is 12.8. The van der Waals surface area contributed by atoms with Crippen LogP contribution in [0.5, 0.6) is 0 Å². The molecule has 98 valence electrons. The van der Waals surface area contributed by atoms with Crippen LogP contribution in [0.25, 0.3) is 10.2 Å². The van der Waals surface area contributed by atoms with Crippen LogP contribution in [0.3, 0.4) is 0 Å². The van der Waals surface area contributed by atoms with Crippen molar-refractivity contribution >= 4 is 33.3 Å². The number of fused-ring (bicyclic) bond motifs is 1. The maximum Gasteiger partial charge on any atom is 0.151 e. The van der Waals surface area contributed by atoms with Crippen LogP contribution in [0.1, 0.15) is 27.2 Å². The monoisotopic (exact) mass is 280 g/mol. The van der Waals surface area contributed by atoms with Crippen LogP contribution in [-0.2, 0) is 0 Å². The van der Waals surface area contributed by atoms with Gasteiger partial charge >= 0.3 is 0 Å². The van der Waals surface area contributed by atoms with Crippen LogP contribution in [0.2, 0.25) is 0 Å². The van der Waals surface area contributed by atoms with Gasteiger partial charge in [-0.05, 0) is 45.9 Å². The number of para-hydroxylation sites is 1. The molecule has 0 aliphatic rings. The lowest BCUT2D eigenvalue weighted by molar-refractivity contribution is 0.427. The molecule has 0 bridgehead atoms. The number of hydrogen-bond donors (Lipinski definition) is 1. The Bertz CT molecular complexity index is 467. The highest BCUT2D eigenvalue weighted by atomic mass is 32.2. The summed E-state index contributed by atoms with van der Waals surface area (Å²) in [6.07, 6.45) is 1.18. The lowest BCUT2D eigenvalue weighted by Crippen LogP contribution is -2.36. The number of rotatable bonds is 5. The van der Waals surface area contributed by atoms with Crippen molar-refractivity contribution in [2.75, 3.05) is 12.3 Å². The third-order valence-electron chi connectivity index (χ3n) is 2.48. The summed E-state index contributed by atoms with van der Waals surface area (Å²) in [5.41, 5.74) is 1.35. The van der Waals surface area contributed by atoms with Crippen molar-refractivity contribution in [3.63, 3.8) is 0 Å². The van der Waals surface area contributed by atoms with Crippen LogP contribution in [0, 0.1) is 0 Å². The van der Waals surface area contributed by atoms with Gasteiger partial charge in [0.05, 0.1) is 10.2 Å². The quantitative estimate of drug-likeness (QED) is 0.657. The van der Waals surface area contributed by atoms with E-state index in [2.05, 4.69) is 49.3 Å². The first kappa shape index (κ1) is 13.8. The number of thioether (sulfide) groups is 1. The van der Waals surface area contributed by atoms with Gasteiger partial charge in [0.15, 0.2) is 4.34 Å². The minimum atomic E-state index is 0.223. The average molecular weight is 280 g/mol. The topological polar surface area (TPSA) is 24.9 Å². The highest BCUT2D eigenvalue weighted by molar-refractivity contribution is 8.01. The fourth-order valence-corrected chi connectivity index (χ4v) is 3.69. The SMILES string of the molecule is CC(C)(C)NCCCSc1nc2ccccc2s1. The summed E-state index contributed by atoms with van der Waals surface area (Å²) in [7, 11) is 0. The molecule has 2 aromatic rings. The van der Waals surface area contributed by atoms with E-state index >= 15 is 0 Å². The van der Waals surface area contributed by atoms with E-state index in [9.17, 15) is 0 Å². The van der Waals surface area contributed by atoms with Crippen molar-refractivity contribution in [1.29, 1.82) is 0 Å². The van der Waals surface area contributed by atoms with Gasteiger partial charge in [0.2, 0.25) is 0 Å². The van der Waals surface area contributed by atoms with E-state index in [4.69, 9.17) is 0 Å². The van der Waals surface area contributed by atoms with E-state index in [1.54, 1.807) is 11.3 Å². The molecule has 2 rings (SSSR count). The van der Waals surface area contributed by atoms with Gasteiger partial charge in [-0.2, -0.15) is 0 Å². The minimum absolute atomic E-state index is 0.223. The van der Waals surface area contributed by atoms with Crippen LogP contribution in [-0.4, -0.2) is 22.8 Å². The summed E-state index contributed by atoms with van der Waals surface area (Å²) in [6, 6.07) is 8.33. The van der Waals surface area contributed by atoms with Gasteiger partial charge in [0, 0.05) is 11.3 Å². The molecular formula is C14H20N2S2. The standard InChI is InChI=1S/C14H20N2S2/c1-14(2,3)15-9-6-10-17-13-16-11-7-4-5-8-12(11)18-13/h4-5,7-8,15H,6,9-10H2,1-3H3. The number of nitrogens with one attached hydrogen (secondary N) is 1. The fraction of sp³-hybridized carbons (Fsp3) is 0.500. The van der Waals surface area contributed by atoms with Crippen molar-refractivity contribution in [2.45, 2.75) is 37.1 Å². The van der Waals surface area contributed by atoms with E-state index < -0.39 is 0 Å². The molecule has 0 unspecified atom stereocenters. The predicted octanol–water partition coefficient (Wildman–Crippen LogP) is 4.17. The first-order valence-electron chi connectivity index (χ1n) is 6.28. The molecule has 1 aromatic carbocycles. The fourth-order valence-electron chi connectivity index (χ4n) is 1.61. The van der Waals surface area contributed by atoms with E-state index in [0.29, 0.717) is 0 Å². The zero-order chi connectivity index (χ0) is 13.0. The van der Waals surface area contributed by atoms with Crippen molar-refractivity contribution in [3.8, 4) is 0 Å². The van der Waals surface area contributed by atoms with E-state index in [1.807, 2.05) is 17.8 Å². The molecule has 0 aliphatic heterocycles. The third-order valence-corrected chi connectivity index (χ3v) is 4.74. The van der Waals surface area contributed by atoms with Crippen molar-refractivity contribution in [3.05, 3.63) is 24.3 Å². The molecule has 1 aromatic heterocycles. The first-order valence-corrected chi connectivity index (χ1v) is 8.08. The minimum Gasteiger partial charge on any atom is -0.312 e. The number of thiazole rings is 1. The molecule has 0 radical (unpaired) electrons. The number of benzene rings is 1. The molecule has 0 aliphatic carbocycles. The largest absolute Gasteiger partial charge is 0.312 e. The Balaban J connectivity index is 1.77. The Morgan fingerprint density at radius 3 is 2.78 bits per heavy atom. The van der Waals surface area contributed by atoms with Crippen LogP contribution >= 0.6 is 23.1 Å². The summed E-state index contributed by atoms with van der Waals surface area (Å²) in [6.45, 7) is 7.68. The maximum absolute atomic E-state index is 4.62. The van der Waals surface area contributed by atoms with Gasteiger partial charge in [-0.1, -0.05) is 23.9 Å². The zero-order valence-electron chi connectivity index (χ0n) is 11.2. The van der Waals surface area contributed by atoms with Crippen molar-refractivity contribution in [1.82, 2.24) is 10.3 Å². The number of hydrogen-bond acceptors (Lipinski definition) is 4. The molecule has 0 spiro atoms. The highest BCUT2D eigenvalue weighted by Gasteiger charge is 2.07. The summed E-state index contributed by atoms with van der Waals surface area (Å²) >= 11 is 3.66. The molecule has 1 N–H and O–H groups in total. The van der Waals surface area contributed by atoms with Crippen molar-refractivity contribution < 1.29 is 0 Å². The van der Waals surface area contributed by atoms with E-state index in [1.165, 1.54) is 15.5 Å². The maximum atomic E-state index is 4.62. The molecule has 0 saturated heterocycles. The smallest absolute Gasteiger partial charge is 0.151 e. The Morgan fingerprint density at radius 1 is 1.28 bits per heavy atom. The summed E-state index contributed by atoms with van der Waals surface area (Å²) in [5, 5.41) is 3.50. The van der Waals surface area contributed by atoms with Gasteiger partial charge < -0.3 is 5.32 Å². The Hall–Kier alpha value is -0.580. The number of aromatic nitrogens is 1.